The maximum Gasteiger partial charge on any atom is 0.253 e. The van der Waals surface area contributed by atoms with Gasteiger partial charge < -0.3 is 10.2 Å². The molecule has 0 unspecified atom stereocenters. The summed E-state index contributed by atoms with van der Waals surface area (Å²) in [5.74, 6) is 0.755. The number of hydrogen-bond donors (Lipinski definition) is 1. The highest BCUT2D eigenvalue weighted by Gasteiger charge is 2.21. The van der Waals surface area contributed by atoms with Gasteiger partial charge in [-0.2, -0.15) is 0 Å². The Kier molecular flexibility index (Phi) is 6.07. The molecule has 1 aliphatic rings. The van der Waals surface area contributed by atoms with Crippen molar-refractivity contribution in [2.45, 2.75) is 33.1 Å². The van der Waals surface area contributed by atoms with Crippen molar-refractivity contribution in [3.63, 3.8) is 0 Å². The predicted molar refractivity (Wildman–Crippen MR) is 88.0 cm³/mol. The van der Waals surface area contributed by atoms with Gasteiger partial charge in [0, 0.05) is 23.7 Å². The van der Waals surface area contributed by atoms with Crippen LogP contribution in [0.2, 0.25) is 5.02 Å². The monoisotopic (exact) mass is 308 g/mol. The summed E-state index contributed by atoms with van der Waals surface area (Å²) in [7, 11) is 0. The smallest absolute Gasteiger partial charge is 0.253 e. The van der Waals surface area contributed by atoms with Gasteiger partial charge in [0.1, 0.15) is 0 Å². The molecule has 4 heteroatoms. The first-order valence-corrected chi connectivity index (χ1v) is 8.25. The highest BCUT2D eigenvalue weighted by atomic mass is 35.5. The molecule has 0 atom stereocenters. The van der Waals surface area contributed by atoms with Crippen molar-refractivity contribution in [1.82, 2.24) is 10.2 Å². The fourth-order valence-corrected chi connectivity index (χ4v) is 3.00. The number of halogens is 1. The summed E-state index contributed by atoms with van der Waals surface area (Å²) in [6.07, 6.45) is 3.31. The van der Waals surface area contributed by atoms with Crippen molar-refractivity contribution < 1.29 is 4.79 Å². The molecule has 2 rings (SSSR count). The van der Waals surface area contributed by atoms with E-state index in [0.29, 0.717) is 10.9 Å². The molecule has 3 nitrogen and oxygen atoms in total. The second kappa shape index (κ2) is 7.81. The lowest BCUT2D eigenvalue weighted by molar-refractivity contribution is 0.0716. The number of aryl methyl sites for hydroxylation is 1. The normalized spacial score (nSPS) is 16.0. The van der Waals surface area contributed by atoms with Gasteiger partial charge in [-0.3, -0.25) is 4.79 Å². The summed E-state index contributed by atoms with van der Waals surface area (Å²) in [4.78, 5) is 14.8. The largest absolute Gasteiger partial charge is 0.338 e. The van der Waals surface area contributed by atoms with Gasteiger partial charge in [-0.15, -0.1) is 0 Å². The van der Waals surface area contributed by atoms with E-state index in [1.165, 1.54) is 0 Å². The topological polar surface area (TPSA) is 32.3 Å². The average Bonchev–Trinajstić information content (AvgIpc) is 2.50. The first-order chi connectivity index (χ1) is 10.1. The second-order valence-electron chi connectivity index (χ2n) is 5.91. The minimum Gasteiger partial charge on any atom is -0.338 e. The number of carbonyl (C=O) groups is 1. The fourth-order valence-electron chi connectivity index (χ4n) is 2.88. The maximum atomic E-state index is 12.7. The summed E-state index contributed by atoms with van der Waals surface area (Å²) in [6.45, 7) is 7.89. The minimum absolute atomic E-state index is 0.134. The van der Waals surface area contributed by atoms with Gasteiger partial charge in [0.05, 0.1) is 0 Å². The van der Waals surface area contributed by atoms with Crippen molar-refractivity contribution in [3.05, 3.63) is 34.3 Å². The molecule has 1 heterocycles. The Morgan fingerprint density at radius 3 is 2.71 bits per heavy atom. The molecule has 1 N–H and O–H groups in total. The van der Waals surface area contributed by atoms with E-state index in [-0.39, 0.29) is 5.91 Å². The van der Waals surface area contributed by atoms with E-state index in [2.05, 4.69) is 12.2 Å². The molecule has 1 saturated heterocycles. The van der Waals surface area contributed by atoms with Gasteiger partial charge in [-0.25, -0.2) is 0 Å². The number of nitrogens with zero attached hydrogens (tertiary/aromatic N) is 1. The number of carbonyl (C=O) groups excluding carboxylic acids is 1. The van der Waals surface area contributed by atoms with Crippen LogP contribution in [0.15, 0.2) is 18.2 Å². The third kappa shape index (κ3) is 4.45. The molecule has 1 aromatic carbocycles. The van der Waals surface area contributed by atoms with Crippen LogP contribution in [0, 0.1) is 12.8 Å². The number of hydrogen-bond acceptors (Lipinski definition) is 2. The van der Waals surface area contributed by atoms with Crippen LogP contribution in [-0.4, -0.2) is 37.0 Å². The maximum absolute atomic E-state index is 12.7. The lowest BCUT2D eigenvalue weighted by Crippen LogP contribution is -2.39. The van der Waals surface area contributed by atoms with Gasteiger partial charge in [0.15, 0.2) is 0 Å². The van der Waals surface area contributed by atoms with Crippen molar-refractivity contribution in [2.75, 3.05) is 26.2 Å². The van der Waals surface area contributed by atoms with Crippen LogP contribution in [-0.2, 0) is 0 Å². The molecule has 116 valence electrons. The Morgan fingerprint density at radius 1 is 1.38 bits per heavy atom. The number of rotatable bonds is 5. The number of nitrogens with one attached hydrogen (secondary N) is 1. The van der Waals surface area contributed by atoms with Crippen LogP contribution < -0.4 is 5.32 Å². The van der Waals surface area contributed by atoms with Crippen LogP contribution in [0.5, 0.6) is 0 Å². The van der Waals surface area contributed by atoms with Gasteiger partial charge in [0.25, 0.3) is 5.91 Å². The van der Waals surface area contributed by atoms with Gasteiger partial charge >= 0.3 is 0 Å². The zero-order chi connectivity index (χ0) is 15.2. The molecule has 1 aromatic rings. The SMILES string of the molecule is CCCN(CC1CCNCC1)C(=O)c1ccc(Cl)c(C)c1. The number of piperidine rings is 1. The van der Waals surface area contributed by atoms with E-state index in [4.69, 9.17) is 11.6 Å². The van der Waals surface area contributed by atoms with Gasteiger partial charge in [-0.1, -0.05) is 18.5 Å². The Bertz CT molecular complexity index is 484. The lowest BCUT2D eigenvalue weighted by atomic mass is 9.97. The quantitative estimate of drug-likeness (QED) is 0.903. The van der Waals surface area contributed by atoms with Crippen LogP contribution in [0.3, 0.4) is 0 Å². The molecular weight excluding hydrogens is 284 g/mol. The van der Waals surface area contributed by atoms with E-state index in [9.17, 15) is 4.79 Å². The van der Waals surface area contributed by atoms with E-state index in [0.717, 1.165) is 56.6 Å². The van der Waals surface area contributed by atoms with Crippen molar-refractivity contribution in [1.29, 1.82) is 0 Å². The summed E-state index contributed by atoms with van der Waals surface area (Å²) in [5, 5.41) is 4.09. The zero-order valence-corrected chi connectivity index (χ0v) is 13.7. The third-order valence-corrected chi connectivity index (χ3v) is 4.55. The molecule has 1 aliphatic heterocycles. The predicted octanol–water partition coefficient (Wildman–Crippen LogP) is 3.50. The van der Waals surface area contributed by atoms with Crippen LogP contribution in [0.1, 0.15) is 42.1 Å². The molecule has 0 saturated carbocycles. The van der Waals surface area contributed by atoms with Crippen LogP contribution >= 0.6 is 11.6 Å². The summed E-state index contributed by atoms with van der Waals surface area (Å²) in [5.41, 5.74) is 1.71. The Morgan fingerprint density at radius 2 is 2.10 bits per heavy atom. The summed E-state index contributed by atoms with van der Waals surface area (Å²) < 4.78 is 0. The highest BCUT2D eigenvalue weighted by molar-refractivity contribution is 6.31. The van der Waals surface area contributed by atoms with E-state index >= 15 is 0 Å². The number of amides is 1. The molecule has 1 amide bonds. The van der Waals surface area contributed by atoms with E-state index in [1.807, 2.05) is 30.0 Å². The molecule has 0 aliphatic carbocycles. The van der Waals surface area contributed by atoms with Crippen LogP contribution in [0.4, 0.5) is 0 Å². The van der Waals surface area contributed by atoms with Crippen LogP contribution in [0.25, 0.3) is 0 Å². The molecule has 0 bridgehead atoms. The Balaban J connectivity index is 2.08. The summed E-state index contributed by atoms with van der Waals surface area (Å²) >= 11 is 6.05. The van der Waals surface area contributed by atoms with Crippen molar-refractivity contribution in [2.24, 2.45) is 5.92 Å². The molecule has 1 fully saturated rings. The van der Waals surface area contributed by atoms with Gasteiger partial charge in [0.2, 0.25) is 0 Å². The average molecular weight is 309 g/mol. The standard InChI is InChI=1S/C17H25ClN2O/c1-3-10-20(12-14-6-8-19-9-7-14)17(21)15-4-5-16(18)13(2)11-15/h4-5,11,14,19H,3,6-10,12H2,1-2H3. The van der Waals surface area contributed by atoms with Gasteiger partial charge in [-0.05, 0) is 69.0 Å². The van der Waals surface area contributed by atoms with E-state index in [1.54, 1.807) is 0 Å². The first-order valence-electron chi connectivity index (χ1n) is 7.88. The molecule has 21 heavy (non-hydrogen) atoms. The molecule has 0 spiro atoms. The fraction of sp³-hybridized carbons (Fsp3) is 0.588. The molecule has 0 radical (unpaired) electrons. The highest BCUT2D eigenvalue weighted by Crippen LogP contribution is 2.19. The Labute approximate surface area is 132 Å². The Hall–Kier alpha value is -1.06. The van der Waals surface area contributed by atoms with E-state index < -0.39 is 0 Å². The van der Waals surface area contributed by atoms with Crippen molar-refractivity contribution in [3.8, 4) is 0 Å². The summed E-state index contributed by atoms with van der Waals surface area (Å²) in [6, 6.07) is 5.55. The minimum atomic E-state index is 0.134. The van der Waals surface area contributed by atoms with Crippen molar-refractivity contribution >= 4 is 17.5 Å². The second-order valence-corrected chi connectivity index (χ2v) is 6.32. The lowest BCUT2D eigenvalue weighted by Gasteiger charge is -2.30. The first kappa shape index (κ1) is 16.3. The number of benzene rings is 1. The molecule has 0 aromatic heterocycles. The molecular formula is C17H25ClN2O. The third-order valence-electron chi connectivity index (χ3n) is 4.12. The zero-order valence-electron chi connectivity index (χ0n) is 13.0.